The normalized spacial score (nSPS) is 18.9. The van der Waals surface area contributed by atoms with Crippen molar-refractivity contribution in [2.45, 2.75) is 78.2 Å². The summed E-state index contributed by atoms with van der Waals surface area (Å²) in [6.07, 6.45) is 0.199. The fourth-order valence-electron chi connectivity index (χ4n) is 3.75. The van der Waals surface area contributed by atoms with Crippen molar-refractivity contribution in [2.75, 3.05) is 11.9 Å². The number of halogens is 1. The molecule has 2 amide bonds. The topological polar surface area (TPSA) is 90.0 Å². The fourth-order valence-corrected chi connectivity index (χ4v) is 5.03. The number of thiazole rings is 1. The Balaban J connectivity index is 1.48. The summed E-state index contributed by atoms with van der Waals surface area (Å²) in [5, 5.41) is 3.54. The second-order valence-corrected chi connectivity index (χ2v) is 12.3. The van der Waals surface area contributed by atoms with E-state index in [1.54, 1.807) is 17.0 Å². The molecule has 11 heteroatoms. The van der Waals surface area contributed by atoms with Gasteiger partial charge in [0.1, 0.15) is 5.60 Å². The molecule has 0 radical (unpaired) electrons. The van der Waals surface area contributed by atoms with Crippen LogP contribution in [0.3, 0.4) is 0 Å². The van der Waals surface area contributed by atoms with E-state index in [2.05, 4.69) is 10.3 Å². The van der Waals surface area contributed by atoms with Gasteiger partial charge in [0.2, 0.25) is 0 Å². The van der Waals surface area contributed by atoms with Crippen LogP contribution >= 0.6 is 22.9 Å². The van der Waals surface area contributed by atoms with Crippen molar-refractivity contribution in [1.82, 2.24) is 9.88 Å². The first-order chi connectivity index (χ1) is 16.2. The average Bonchev–Trinajstić information content (AvgIpc) is 3.25. The lowest BCUT2D eigenvalue weighted by Gasteiger charge is -2.32. The number of hydrogen-bond acceptors (Lipinski definition) is 7. The number of fused-ring (bicyclic) bond motifs is 1. The molecule has 0 atom stereocenters. The van der Waals surface area contributed by atoms with Crippen LogP contribution in [0, 0.1) is 0 Å². The maximum absolute atomic E-state index is 13.0. The van der Waals surface area contributed by atoms with Gasteiger partial charge in [-0.3, -0.25) is 4.79 Å². The van der Waals surface area contributed by atoms with Crippen LogP contribution in [0.4, 0.5) is 10.5 Å². The first-order valence-corrected chi connectivity index (χ1v) is 12.8. The molecular weight excluding hydrogens is 489 g/mol. The molecule has 1 saturated heterocycles. The van der Waals surface area contributed by atoms with Crippen LogP contribution in [0.25, 0.3) is 0 Å². The van der Waals surface area contributed by atoms with Crippen LogP contribution in [0.15, 0.2) is 18.2 Å². The fraction of sp³-hybridized carbons (Fsp3) is 0.542. The zero-order chi connectivity index (χ0) is 25.8. The van der Waals surface area contributed by atoms with E-state index < -0.39 is 23.9 Å². The smallest absolute Gasteiger partial charge is 0.444 e. The Kier molecular flexibility index (Phi) is 6.72. The highest BCUT2D eigenvalue weighted by Crippen LogP contribution is 2.37. The molecule has 2 aliphatic rings. The Labute approximate surface area is 215 Å². The zero-order valence-electron chi connectivity index (χ0n) is 21.2. The van der Waals surface area contributed by atoms with Crippen LogP contribution in [0.5, 0.6) is 0 Å². The second kappa shape index (κ2) is 9.07. The second-order valence-electron chi connectivity index (χ2n) is 10.8. The van der Waals surface area contributed by atoms with E-state index in [0.717, 1.165) is 10.6 Å². The van der Waals surface area contributed by atoms with E-state index in [4.69, 9.17) is 25.6 Å². The molecule has 4 rings (SSSR count). The SMILES string of the molecule is CC(C)(C)OC(=O)N1CCc2nc(C(=O)Nc3cccc(B4OC(C)(C)C(C)(C)O4)c3Cl)sc2C1. The van der Waals surface area contributed by atoms with E-state index in [1.165, 1.54) is 11.3 Å². The van der Waals surface area contributed by atoms with Crippen LogP contribution in [-0.2, 0) is 27.0 Å². The van der Waals surface area contributed by atoms with E-state index in [0.29, 0.717) is 40.7 Å². The quantitative estimate of drug-likeness (QED) is 0.594. The van der Waals surface area contributed by atoms with E-state index in [-0.39, 0.29) is 12.0 Å². The molecule has 1 fully saturated rings. The van der Waals surface area contributed by atoms with Crippen molar-refractivity contribution < 1.29 is 23.6 Å². The Morgan fingerprint density at radius 3 is 2.49 bits per heavy atom. The van der Waals surface area contributed by atoms with Gasteiger partial charge in [-0.05, 0) is 54.5 Å². The molecule has 1 aromatic carbocycles. The number of nitrogens with one attached hydrogen (secondary N) is 1. The highest BCUT2D eigenvalue weighted by Gasteiger charge is 2.52. The van der Waals surface area contributed by atoms with E-state index in [9.17, 15) is 9.59 Å². The number of rotatable bonds is 3. The number of carbonyl (C=O) groups is 2. The van der Waals surface area contributed by atoms with Gasteiger partial charge < -0.3 is 24.3 Å². The Morgan fingerprint density at radius 1 is 1.20 bits per heavy atom. The Hall–Kier alpha value is -2.14. The molecule has 0 spiro atoms. The number of nitrogens with zero attached hydrogens (tertiary/aromatic N) is 2. The molecule has 35 heavy (non-hydrogen) atoms. The monoisotopic (exact) mass is 519 g/mol. The van der Waals surface area contributed by atoms with Gasteiger partial charge in [0.05, 0.1) is 34.2 Å². The van der Waals surface area contributed by atoms with Gasteiger partial charge in [0.15, 0.2) is 5.01 Å². The van der Waals surface area contributed by atoms with Gasteiger partial charge in [0.25, 0.3) is 5.91 Å². The number of amides is 2. The standard InChI is InChI=1S/C24H31BClN3O5S/c1-22(2,3)32-21(31)29-12-11-15-17(13-29)35-20(28-15)19(30)27-16-10-8-9-14(18(16)26)25-33-23(4,5)24(6,7)34-25/h8-10H,11-13H2,1-7H3,(H,27,30). The number of aromatic nitrogens is 1. The summed E-state index contributed by atoms with van der Waals surface area (Å²) in [5.74, 6) is -0.360. The van der Waals surface area contributed by atoms with Gasteiger partial charge in [0, 0.05) is 23.3 Å². The van der Waals surface area contributed by atoms with Crippen molar-refractivity contribution in [3.05, 3.63) is 38.8 Å². The first-order valence-electron chi connectivity index (χ1n) is 11.6. The maximum Gasteiger partial charge on any atom is 0.496 e. The van der Waals surface area contributed by atoms with Crippen molar-refractivity contribution in [3.63, 3.8) is 0 Å². The molecule has 0 aliphatic carbocycles. The third-order valence-corrected chi connectivity index (χ3v) is 7.86. The lowest BCUT2D eigenvalue weighted by Crippen LogP contribution is -2.41. The van der Waals surface area contributed by atoms with Crippen molar-refractivity contribution in [3.8, 4) is 0 Å². The predicted molar refractivity (Wildman–Crippen MR) is 138 cm³/mol. The molecule has 0 unspecified atom stereocenters. The molecule has 3 heterocycles. The van der Waals surface area contributed by atoms with Gasteiger partial charge in [-0.25, -0.2) is 9.78 Å². The minimum absolute atomic E-state index is 0.318. The lowest BCUT2D eigenvalue weighted by atomic mass is 9.79. The highest BCUT2D eigenvalue weighted by molar-refractivity contribution is 7.13. The zero-order valence-corrected chi connectivity index (χ0v) is 22.7. The van der Waals surface area contributed by atoms with E-state index in [1.807, 2.05) is 54.5 Å². The largest absolute Gasteiger partial charge is 0.496 e. The summed E-state index contributed by atoms with van der Waals surface area (Å²) in [4.78, 5) is 32.5. The third kappa shape index (κ3) is 5.35. The molecule has 1 N–H and O–H groups in total. The number of carbonyl (C=O) groups excluding carboxylic acids is 2. The summed E-state index contributed by atoms with van der Waals surface area (Å²) in [6, 6.07) is 5.35. The van der Waals surface area contributed by atoms with Gasteiger partial charge in [-0.15, -0.1) is 11.3 Å². The Morgan fingerprint density at radius 2 is 1.86 bits per heavy atom. The summed E-state index contributed by atoms with van der Waals surface area (Å²) in [5.41, 5.74) is 0.351. The van der Waals surface area contributed by atoms with Gasteiger partial charge in [-0.1, -0.05) is 23.7 Å². The van der Waals surface area contributed by atoms with Crippen LogP contribution in [0.2, 0.25) is 5.02 Å². The third-order valence-electron chi connectivity index (χ3n) is 6.36. The van der Waals surface area contributed by atoms with Gasteiger partial charge in [-0.2, -0.15) is 0 Å². The van der Waals surface area contributed by atoms with Crippen molar-refractivity contribution in [2.24, 2.45) is 0 Å². The van der Waals surface area contributed by atoms with Crippen molar-refractivity contribution >= 4 is 53.2 Å². The minimum atomic E-state index is -0.643. The van der Waals surface area contributed by atoms with Crippen LogP contribution in [-0.4, -0.2) is 52.4 Å². The Bertz CT molecular complexity index is 1140. The van der Waals surface area contributed by atoms with Crippen LogP contribution < -0.4 is 10.8 Å². The van der Waals surface area contributed by atoms with Gasteiger partial charge >= 0.3 is 13.2 Å². The number of benzene rings is 1. The average molecular weight is 520 g/mol. The first kappa shape index (κ1) is 25.9. The number of hydrogen-bond donors (Lipinski definition) is 1. The maximum atomic E-state index is 13.0. The molecule has 2 aliphatic heterocycles. The lowest BCUT2D eigenvalue weighted by molar-refractivity contribution is 0.00578. The number of ether oxygens (including phenoxy) is 1. The predicted octanol–water partition coefficient (Wildman–Crippen LogP) is 4.64. The molecule has 2 aromatic rings. The highest BCUT2D eigenvalue weighted by atomic mass is 35.5. The number of anilines is 1. The molecule has 0 bridgehead atoms. The summed E-state index contributed by atoms with van der Waals surface area (Å²) in [6.45, 7) is 14.3. The molecule has 188 valence electrons. The molecular formula is C24H31BClN3O5S. The van der Waals surface area contributed by atoms with Crippen LogP contribution in [0.1, 0.15) is 68.8 Å². The molecule has 8 nitrogen and oxygen atoms in total. The van der Waals surface area contributed by atoms with Crippen molar-refractivity contribution in [1.29, 1.82) is 0 Å². The summed E-state index contributed by atoms with van der Waals surface area (Å²) in [7, 11) is -0.643. The van der Waals surface area contributed by atoms with E-state index >= 15 is 0 Å². The summed E-state index contributed by atoms with van der Waals surface area (Å²) < 4.78 is 17.7. The minimum Gasteiger partial charge on any atom is -0.444 e. The molecule has 0 saturated carbocycles. The summed E-state index contributed by atoms with van der Waals surface area (Å²) >= 11 is 7.94. The molecule has 1 aromatic heterocycles.